The van der Waals surface area contributed by atoms with Crippen molar-refractivity contribution in [2.45, 2.75) is 58.2 Å². The van der Waals surface area contributed by atoms with Crippen molar-refractivity contribution in [2.24, 2.45) is 0 Å². The van der Waals surface area contributed by atoms with Crippen molar-refractivity contribution in [3.05, 3.63) is 30.1 Å². The van der Waals surface area contributed by atoms with E-state index >= 15 is 0 Å². The maximum Gasteiger partial charge on any atom is 0.410 e. The largest absolute Gasteiger partial charge is 0.444 e. The predicted molar refractivity (Wildman–Crippen MR) is 86.6 cm³/mol. The molecule has 1 saturated heterocycles. The first-order chi connectivity index (χ1) is 10.4. The predicted octanol–water partition coefficient (Wildman–Crippen LogP) is 3.13. The summed E-state index contributed by atoms with van der Waals surface area (Å²) in [7, 11) is 0. The van der Waals surface area contributed by atoms with Gasteiger partial charge in [-0.05, 0) is 52.7 Å². The average Bonchev–Trinajstić information content (AvgIpc) is 2.92. The van der Waals surface area contributed by atoms with Gasteiger partial charge in [0.2, 0.25) is 0 Å². The van der Waals surface area contributed by atoms with Crippen molar-refractivity contribution in [3.8, 4) is 0 Å². The smallest absolute Gasteiger partial charge is 0.410 e. The van der Waals surface area contributed by atoms with E-state index in [4.69, 9.17) is 4.74 Å². The minimum Gasteiger partial charge on any atom is -0.444 e. The van der Waals surface area contributed by atoms with Gasteiger partial charge in [-0.2, -0.15) is 0 Å². The molecule has 1 aliphatic rings. The van der Waals surface area contributed by atoms with E-state index in [2.05, 4.69) is 17.2 Å². The van der Waals surface area contributed by atoms with Crippen LogP contribution < -0.4 is 5.32 Å². The standard InChI is InChI=1S/C17H27N3O2/c1-13(15-9-5-6-10-18-15)19-12-14-8-7-11-20(14)16(21)22-17(2,3)4/h5-6,9-10,13-14,19H,7-8,11-12H2,1-4H3. The second kappa shape index (κ2) is 7.09. The number of hydrogen-bond acceptors (Lipinski definition) is 4. The third-order valence-corrected chi connectivity index (χ3v) is 3.80. The van der Waals surface area contributed by atoms with Crippen molar-refractivity contribution in [1.82, 2.24) is 15.2 Å². The zero-order valence-electron chi connectivity index (χ0n) is 14.0. The van der Waals surface area contributed by atoms with Gasteiger partial charge in [0.15, 0.2) is 0 Å². The van der Waals surface area contributed by atoms with E-state index in [0.29, 0.717) is 0 Å². The highest BCUT2D eigenvalue weighted by Crippen LogP contribution is 2.21. The molecule has 2 rings (SSSR count). The highest BCUT2D eigenvalue weighted by atomic mass is 16.6. The molecule has 5 nitrogen and oxygen atoms in total. The molecule has 0 aliphatic carbocycles. The van der Waals surface area contributed by atoms with Crippen LogP contribution in [-0.4, -0.2) is 40.7 Å². The third kappa shape index (κ3) is 4.70. The highest BCUT2D eigenvalue weighted by molar-refractivity contribution is 5.69. The molecule has 0 saturated carbocycles. The highest BCUT2D eigenvalue weighted by Gasteiger charge is 2.32. The number of likely N-dealkylation sites (tertiary alicyclic amines) is 1. The van der Waals surface area contributed by atoms with Crippen LogP contribution in [0.5, 0.6) is 0 Å². The Bertz CT molecular complexity index is 484. The van der Waals surface area contributed by atoms with Crippen molar-refractivity contribution < 1.29 is 9.53 Å². The fourth-order valence-corrected chi connectivity index (χ4v) is 2.66. The van der Waals surface area contributed by atoms with E-state index in [1.165, 1.54) is 0 Å². The minimum absolute atomic E-state index is 0.169. The van der Waals surface area contributed by atoms with Crippen molar-refractivity contribution in [1.29, 1.82) is 0 Å². The van der Waals surface area contributed by atoms with E-state index in [-0.39, 0.29) is 18.2 Å². The van der Waals surface area contributed by atoms with Crippen LogP contribution in [0.4, 0.5) is 4.79 Å². The second-order valence-electron chi connectivity index (χ2n) is 6.85. The van der Waals surface area contributed by atoms with Gasteiger partial charge in [0, 0.05) is 31.4 Å². The first-order valence-electron chi connectivity index (χ1n) is 8.01. The average molecular weight is 305 g/mol. The molecule has 1 N–H and O–H groups in total. The van der Waals surface area contributed by atoms with Gasteiger partial charge in [0.1, 0.15) is 5.60 Å². The molecule has 2 heterocycles. The molecule has 0 bridgehead atoms. The quantitative estimate of drug-likeness (QED) is 0.928. The van der Waals surface area contributed by atoms with Crippen LogP contribution in [0.2, 0.25) is 0 Å². The topological polar surface area (TPSA) is 54.5 Å². The van der Waals surface area contributed by atoms with Gasteiger partial charge in [-0.1, -0.05) is 6.07 Å². The Labute approximate surface area is 133 Å². The lowest BCUT2D eigenvalue weighted by Gasteiger charge is -2.29. The summed E-state index contributed by atoms with van der Waals surface area (Å²) >= 11 is 0. The zero-order chi connectivity index (χ0) is 16.2. The molecular weight excluding hydrogens is 278 g/mol. The normalized spacial score (nSPS) is 20.0. The molecule has 1 aliphatic heterocycles. The summed E-state index contributed by atoms with van der Waals surface area (Å²) in [4.78, 5) is 18.5. The van der Waals surface area contributed by atoms with Crippen LogP contribution in [0, 0.1) is 0 Å². The number of nitrogens with zero attached hydrogens (tertiary/aromatic N) is 2. The van der Waals surface area contributed by atoms with E-state index in [9.17, 15) is 4.79 Å². The van der Waals surface area contributed by atoms with Crippen LogP contribution in [0.3, 0.4) is 0 Å². The molecule has 1 amide bonds. The summed E-state index contributed by atoms with van der Waals surface area (Å²) in [5.41, 5.74) is 0.572. The molecule has 0 spiro atoms. The van der Waals surface area contributed by atoms with Crippen molar-refractivity contribution in [2.75, 3.05) is 13.1 Å². The minimum atomic E-state index is -0.446. The van der Waals surface area contributed by atoms with Gasteiger partial charge >= 0.3 is 6.09 Å². The molecular formula is C17H27N3O2. The van der Waals surface area contributed by atoms with Gasteiger partial charge in [0.25, 0.3) is 0 Å². The number of ether oxygens (including phenoxy) is 1. The van der Waals surface area contributed by atoms with E-state index in [1.54, 1.807) is 6.20 Å². The molecule has 1 aromatic rings. The number of hydrogen-bond donors (Lipinski definition) is 1. The fourth-order valence-electron chi connectivity index (χ4n) is 2.66. The number of nitrogens with one attached hydrogen (secondary N) is 1. The summed E-state index contributed by atoms with van der Waals surface area (Å²) in [6.07, 6.45) is 3.64. The summed E-state index contributed by atoms with van der Waals surface area (Å²) in [6, 6.07) is 6.28. The van der Waals surface area contributed by atoms with E-state index < -0.39 is 5.60 Å². The lowest BCUT2D eigenvalue weighted by Crippen LogP contribution is -2.44. The summed E-state index contributed by atoms with van der Waals surface area (Å²) in [5.74, 6) is 0. The van der Waals surface area contributed by atoms with Gasteiger partial charge in [-0.15, -0.1) is 0 Å². The summed E-state index contributed by atoms with van der Waals surface area (Å²) in [5, 5.41) is 3.48. The summed E-state index contributed by atoms with van der Waals surface area (Å²) < 4.78 is 5.49. The van der Waals surface area contributed by atoms with Crippen LogP contribution in [0.15, 0.2) is 24.4 Å². The Morgan fingerprint density at radius 2 is 2.27 bits per heavy atom. The molecule has 2 unspecified atom stereocenters. The molecule has 1 aromatic heterocycles. The maximum atomic E-state index is 12.2. The number of aromatic nitrogens is 1. The lowest BCUT2D eigenvalue weighted by molar-refractivity contribution is 0.0225. The molecule has 2 atom stereocenters. The summed E-state index contributed by atoms with van der Waals surface area (Å²) in [6.45, 7) is 9.33. The number of amides is 1. The monoisotopic (exact) mass is 305 g/mol. The van der Waals surface area contributed by atoms with Crippen LogP contribution >= 0.6 is 0 Å². The number of pyridine rings is 1. The molecule has 22 heavy (non-hydrogen) atoms. The van der Waals surface area contributed by atoms with Gasteiger partial charge in [0.05, 0.1) is 5.69 Å². The van der Waals surface area contributed by atoms with Gasteiger partial charge in [-0.25, -0.2) is 4.79 Å². The molecule has 5 heteroatoms. The lowest BCUT2D eigenvalue weighted by atomic mass is 10.1. The molecule has 0 aromatic carbocycles. The number of carbonyl (C=O) groups is 1. The van der Waals surface area contributed by atoms with E-state index in [1.807, 2.05) is 43.9 Å². The first-order valence-corrected chi connectivity index (χ1v) is 8.01. The SMILES string of the molecule is CC(NCC1CCCN1C(=O)OC(C)(C)C)c1ccccn1. The Kier molecular flexibility index (Phi) is 5.40. The molecule has 122 valence electrons. The van der Waals surface area contributed by atoms with E-state index in [0.717, 1.165) is 31.6 Å². The Balaban J connectivity index is 1.87. The Morgan fingerprint density at radius 3 is 2.91 bits per heavy atom. The maximum absolute atomic E-state index is 12.2. The fraction of sp³-hybridized carbons (Fsp3) is 0.647. The van der Waals surface area contributed by atoms with Gasteiger partial charge < -0.3 is 15.0 Å². The molecule has 1 fully saturated rings. The van der Waals surface area contributed by atoms with Crippen molar-refractivity contribution >= 4 is 6.09 Å². The first kappa shape index (κ1) is 16.7. The number of rotatable bonds is 4. The van der Waals surface area contributed by atoms with Crippen LogP contribution in [0.1, 0.15) is 52.3 Å². The van der Waals surface area contributed by atoms with Crippen molar-refractivity contribution in [3.63, 3.8) is 0 Å². The van der Waals surface area contributed by atoms with Crippen LogP contribution in [-0.2, 0) is 4.74 Å². The van der Waals surface area contributed by atoms with Crippen LogP contribution in [0.25, 0.3) is 0 Å². The third-order valence-electron chi connectivity index (χ3n) is 3.80. The zero-order valence-corrected chi connectivity index (χ0v) is 14.0. The second-order valence-corrected chi connectivity index (χ2v) is 6.85. The number of carbonyl (C=O) groups excluding carboxylic acids is 1. The molecule has 0 radical (unpaired) electrons. The Morgan fingerprint density at radius 1 is 1.50 bits per heavy atom. The Hall–Kier alpha value is -1.62. The van der Waals surface area contributed by atoms with Gasteiger partial charge in [-0.3, -0.25) is 4.98 Å².